The van der Waals surface area contributed by atoms with E-state index in [1.807, 2.05) is 121 Å². The van der Waals surface area contributed by atoms with Crippen molar-refractivity contribution in [2.24, 2.45) is 0 Å². The van der Waals surface area contributed by atoms with Crippen LogP contribution >= 0.6 is 0 Å². The Morgan fingerprint density at radius 1 is 0.500 bits per heavy atom. The first-order valence-corrected chi connectivity index (χ1v) is 20.4. The van der Waals surface area contributed by atoms with Crippen molar-refractivity contribution in [1.29, 1.82) is 0 Å². The Hall–Kier alpha value is -3.64. The van der Waals surface area contributed by atoms with Crippen LogP contribution in [0.5, 0.6) is 0 Å². The molecule has 0 amide bonds. The van der Waals surface area contributed by atoms with Crippen molar-refractivity contribution in [3.05, 3.63) is 144 Å². The molecule has 0 radical (unpaired) electrons. The van der Waals surface area contributed by atoms with Gasteiger partial charge in [-0.25, -0.2) is 0 Å². The molecule has 3 aliphatic heterocycles. The van der Waals surface area contributed by atoms with Crippen LogP contribution < -0.4 is 0 Å². The summed E-state index contributed by atoms with van der Waals surface area (Å²) in [4.78, 5) is 0. The van der Waals surface area contributed by atoms with E-state index in [1.54, 1.807) is 13.8 Å². The van der Waals surface area contributed by atoms with E-state index in [2.05, 4.69) is 0 Å². The topological polar surface area (TPSA) is 131 Å². The van der Waals surface area contributed by atoms with Crippen LogP contribution in [0.15, 0.2) is 121 Å². The lowest BCUT2D eigenvalue weighted by atomic mass is 9.93. The normalized spacial score (nSPS) is 33.0. The highest BCUT2D eigenvalue weighted by Gasteiger charge is 2.64. The highest BCUT2D eigenvalue weighted by molar-refractivity contribution is 5.17. The highest BCUT2D eigenvalue weighted by atomic mass is 16.8. The molecule has 0 bridgehead atoms. The molecule has 4 aromatic carbocycles. The molecule has 3 aliphatic rings. The first-order chi connectivity index (χ1) is 29.3. The van der Waals surface area contributed by atoms with Crippen LogP contribution in [0.25, 0.3) is 0 Å². The predicted octanol–water partition coefficient (Wildman–Crippen LogP) is 5.94. The second-order valence-electron chi connectivity index (χ2n) is 15.4. The maximum absolute atomic E-state index is 10.5. The number of hydrogen-bond donors (Lipinski definition) is 1. The van der Waals surface area contributed by atoms with E-state index in [-0.39, 0.29) is 33.0 Å². The summed E-state index contributed by atoms with van der Waals surface area (Å²) in [6.07, 6.45) is -8.84. The molecule has 13 heteroatoms. The van der Waals surface area contributed by atoms with E-state index in [0.29, 0.717) is 6.61 Å². The van der Waals surface area contributed by atoms with Crippen LogP contribution in [0.3, 0.4) is 0 Å². The van der Waals surface area contributed by atoms with E-state index in [9.17, 15) is 5.11 Å². The largest absolute Gasteiger partial charge is 0.394 e. The van der Waals surface area contributed by atoms with Crippen LogP contribution in [-0.4, -0.2) is 113 Å². The van der Waals surface area contributed by atoms with E-state index >= 15 is 0 Å². The first kappa shape index (κ1) is 44.4. The van der Waals surface area contributed by atoms with Gasteiger partial charge in [-0.05, 0) is 36.1 Å². The number of benzene rings is 4. The average Bonchev–Trinajstić information content (AvgIpc) is 3.29. The molecule has 4 aromatic rings. The zero-order chi connectivity index (χ0) is 42.0. The van der Waals surface area contributed by atoms with Crippen molar-refractivity contribution in [1.82, 2.24) is 0 Å². The molecular weight excluding hydrogens is 773 g/mol. The van der Waals surface area contributed by atoms with Gasteiger partial charge in [-0.3, -0.25) is 0 Å². The Kier molecular flexibility index (Phi) is 15.5. The molecule has 0 aromatic heterocycles. The Balaban J connectivity index is 1.27. The third-order valence-electron chi connectivity index (χ3n) is 11.5. The maximum Gasteiger partial charge on any atom is 0.220 e. The van der Waals surface area contributed by atoms with Crippen molar-refractivity contribution in [3.8, 4) is 0 Å². The third-order valence-corrected chi connectivity index (χ3v) is 11.5. The molecule has 13 nitrogen and oxygen atoms in total. The summed E-state index contributed by atoms with van der Waals surface area (Å²) < 4.78 is 78.3. The van der Waals surface area contributed by atoms with E-state index in [4.69, 9.17) is 56.8 Å². The molecule has 3 fully saturated rings. The van der Waals surface area contributed by atoms with Crippen LogP contribution in [0.1, 0.15) is 36.1 Å². The van der Waals surface area contributed by atoms with Crippen LogP contribution in [0, 0.1) is 0 Å². The van der Waals surface area contributed by atoms with Gasteiger partial charge in [-0.2, -0.15) is 0 Å². The Morgan fingerprint density at radius 3 is 1.40 bits per heavy atom. The minimum atomic E-state index is -1.41. The van der Waals surface area contributed by atoms with Crippen molar-refractivity contribution >= 4 is 0 Å². The molecule has 324 valence electrons. The minimum absolute atomic E-state index is 0.131. The Labute approximate surface area is 352 Å². The summed E-state index contributed by atoms with van der Waals surface area (Å²) in [6.45, 7) is 4.25. The molecule has 7 rings (SSSR count). The standard InChI is InChI=1S/C47H58O13/c1-46(50-4)47(2,51-5)60-41-39(59-46)36(26-48)56-44(49-3)43(41)58-45-42(55-30-35-24-16-9-17-25-35)40(54-29-34-22-14-8-15-23-34)38(53-28-33-20-12-7-13-21-33)37(57-45)31-52-27-32-18-10-6-11-19-32/h6-25,36-45,48H,26-31H2,1-5H3/t36-,37-,38-,39-,40+,41+,42+,43+,44+,45-,46?,47?/m1/s1. The molecule has 3 saturated heterocycles. The number of ether oxygens (including phenoxy) is 12. The molecule has 0 aliphatic carbocycles. The van der Waals surface area contributed by atoms with Gasteiger partial charge in [0, 0.05) is 21.3 Å². The van der Waals surface area contributed by atoms with E-state index in [1.165, 1.54) is 21.3 Å². The number of rotatable bonds is 19. The van der Waals surface area contributed by atoms with Crippen molar-refractivity contribution < 1.29 is 61.9 Å². The van der Waals surface area contributed by atoms with Gasteiger partial charge < -0.3 is 61.9 Å². The van der Waals surface area contributed by atoms with Gasteiger partial charge >= 0.3 is 0 Å². The number of aliphatic hydroxyl groups excluding tert-OH is 1. The molecule has 0 saturated carbocycles. The molecular formula is C47H58O13. The minimum Gasteiger partial charge on any atom is -0.394 e. The lowest BCUT2D eigenvalue weighted by molar-refractivity contribution is -0.486. The molecule has 1 N–H and O–H groups in total. The van der Waals surface area contributed by atoms with Gasteiger partial charge in [0.2, 0.25) is 11.6 Å². The van der Waals surface area contributed by atoms with E-state index < -0.39 is 73.0 Å². The number of aliphatic hydroxyl groups is 1. The summed E-state index contributed by atoms with van der Waals surface area (Å²) in [5, 5.41) is 10.5. The fourth-order valence-electron chi connectivity index (χ4n) is 7.85. The van der Waals surface area contributed by atoms with E-state index in [0.717, 1.165) is 22.3 Å². The molecule has 2 unspecified atom stereocenters. The summed E-state index contributed by atoms with van der Waals surface area (Å²) in [7, 11) is 4.51. The molecule has 3 heterocycles. The highest BCUT2D eigenvalue weighted by Crippen LogP contribution is 2.45. The lowest BCUT2D eigenvalue weighted by Gasteiger charge is -2.57. The monoisotopic (exact) mass is 830 g/mol. The first-order valence-electron chi connectivity index (χ1n) is 20.4. The summed E-state index contributed by atoms with van der Waals surface area (Å²) >= 11 is 0. The van der Waals surface area contributed by atoms with Crippen LogP contribution in [0.2, 0.25) is 0 Å². The van der Waals surface area contributed by atoms with Gasteiger partial charge in [0.1, 0.15) is 48.8 Å². The van der Waals surface area contributed by atoms with Gasteiger partial charge in [0.25, 0.3) is 0 Å². The zero-order valence-electron chi connectivity index (χ0n) is 34.9. The average molecular weight is 831 g/mol. The fraction of sp³-hybridized carbons (Fsp3) is 0.489. The van der Waals surface area contributed by atoms with Crippen LogP contribution in [0.4, 0.5) is 0 Å². The van der Waals surface area contributed by atoms with Gasteiger partial charge in [-0.15, -0.1) is 0 Å². The molecule has 0 spiro atoms. The van der Waals surface area contributed by atoms with Crippen LogP contribution in [-0.2, 0) is 83.3 Å². The second kappa shape index (κ2) is 21.0. The number of fused-ring (bicyclic) bond motifs is 1. The fourth-order valence-corrected chi connectivity index (χ4v) is 7.85. The predicted molar refractivity (Wildman–Crippen MR) is 218 cm³/mol. The Bertz CT molecular complexity index is 1840. The Morgan fingerprint density at radius 2 is 0.933 bits per heavy atom. The van der Waals surface area contributed by atoms with Crippen molar-refractivity contribution in [2.75, 3.05) is 34.5 Å². The van der Waals surface area contributed by atoms with Crippen molar-refractivity contribution in [3.63, 3.8) is 0 Å². The van der Waals surface area contributed by atoms with Crippen molar-refractivity contribution in [2.45, 2.75) is 113 Å². The SMILES string of the molecule is CO[C@H]1O[C@H](CO)[C@H]2OC(C)(OC)C(C)(OC)O[C@@H]2[C@@H]1O[C@H]1O[C@H](COCc2ccccc2)[C@@H](OCc2ccccc2)[C@H](OCc2ccccc2)[C@@H]1OCc1ccccc1. The summed E-state index contributed by atoms with van der Waals surface area (Å²) in [5.74, 6) is -2.80. The van der Waals surface area contributed by atoms with Gasteiger partial charge in [0.05, 0.1) is 39.6 Å². The molecule has 60 heavy (non-hydrogen) atoms. The van der Waals surface area contributed by atoms with Gasteiger partial charge in [0.15, 0.2) is 12.6 Å². The quantitative estimate of drug-likeness (QED) is 0.120. The zero-order valence-corrected chi connectivity index (χ0v) is 34.9. The lowest BCUT2D eigenvalue weighted by Crippen LogP contribution is -2.74. The third kappa shape index (κ3) is 10.3. The summed E-state index contributed by atoms with van der Waals surface area (Å²) in [6, 6.07) is 39.7. The number of hydrogen-bond acceptors (Lipinski definition) is 13. The number of methoxy groups -OCH3 is 3. The molecule has 12 atom stereocenters. The smallest absolute Gasteiger partial charge is 0.220 e. The second-order valence-corrected chi connectivity index (χ2v) is 15.4. The van der Waals surface area contributed by atoms with Gasteiger partial charge in [-0.1, -0.05) is 121 Å². The maximum atomic E-state index is 10.5. The summed E-state index contributed by atoms with van der Waals surface area (Å²) in [5.41, 5.74) is 3.89.